The molecule has 4 unspecified atom stereocenters. The SMILES string of the molecule is C=CCNC(=O)C(=O)C(CCC)NC=O.CC.CC1CC(C)N(C(=O)C(NC(=O)NCC(=O)OCC2CC2)C(C)(C)C)C1.CCC.CCC. The third-order valence-electron chi connectivity index (χ3n) is 6.82. The van der Waals surface area contributed by atoms with Crippen LogP contribution in [0.2, 0.25) is 0 Å². The fourth-order valence-electron chi connectivity index (χ4n) is 4.37. The summed E-state index contributed by atoms with van der Waals surface area (Å²) in [6.45, 7) is 28.9. The summed E-state index contributed by atoms with van der Waals surface area (Å²) in [5.74, 6) is -0.882. The van der Waals surface area contributed by atoms with Gasteiger partial charge in [-0.05, 0) is 49.9 Å². The molecule has 1 aliphatic heterocycles. The largest absolute Gasteiger partial charge is 0.464 e. The standard InChI is InChI=1S/C19H33N3O4.C10H16N2O3.2C3H8.C2H6/c1-12-8-13(2)22(10-12)17(24)16(19(3,4)5)21-18(25)20-9-15(23)26-11-14-6-7-14;1-3-5-8(12-7-13)9(14)10(15)11-6-4-2;2*1-3-2;1-2/h12-14,16H,6-11H2,1-5H3,(H2,20,21,25);4,7-8H,2-3,5-6H2,1H3,(H,11,15)(H,12,13);2*3H2,1-2H3;1-2H3. The first-order chi connectivity index (χ1) is 23.1. The van der Waals surface area contributed by atoms with E-state index in [9.17, 15) is 28.8 Å². The Morgan fingerprint density at radius 3 is 1.92 bits per heavy atom. The van der Waals surface area contributed by atoms with Crippen molar-refractivity contribution in [3.8, 4) is 0 Å². The minimum atomic E-state index is -0.725. The third-order valence-corrected chi connectivity index (χ3v) is 6.82. The number of hydrogen-bond acceptors (Lipinski definition) is 7. The van der Waals surface area contributed by atoms with Gasteiger partial charge < -0.3 is 30.9 Å². The normalized spacial score (nSPS) is 17.1. The first-order valence-electron chi connectivity index (χ1n) is 18.2. The minimum absolute atomic E-state index is 0.0687. The Morgan fingerprint density at radius 1 is 0.959 bits per heavy atom. The van der Waals surface area contributed by atoms with Gasteiger partial charge in [-0.3, -0.25) is 24.0 Å². The number of hydrogen-bond donors (Lipinski definition) is 4. The zero-order valence-corrected chi connectivity index (χ0v) is 32.8. The molecule has 2 fully saturated rings. The second kappa shape index (κ2) is 29.5. The van der Waals surface area contributed by atoms with Gasteiger partial charge in [0.15, 0.2) is 0 Å². The number of rotatable bonds is 14. The molecular formula is C37H71N5O7. The second-order valence-electron chi connectivity index (χ2n) is 13.3. The highest BCUT2D eigenvalue weighted by atomic mass is 16.5. The van der Waals surface area contributed by atoms with E-state index in [4.69, 9.17) is 4.74 Å². The number of amides is 5. The van der Waals surface area contributed by atoms with Crippen LogP contribution in [0.15, 0.2) is 12.7 Å². The summed E-state index contributed by atoms with van der Waals surface area (Å²) in [6.07, 6.45) is 8.76. The van der Waals surface area contributed by atoms with Gasteiger partial charge in [0.25, 0.3) is 5.91 Å². The highest BCUT2D eigenvalue weighted by molar-refractivity contribution is 6.38. The molecule has 12 nitrogen and oxygen atoms in total. The molecule has 12 heteroatoms. The van der Waals surface area contributed by atoms with Crippen molar-refractivity contribution >= 4 is 36.0 Å². The Labute approximate surface area is 297 Å². The van der Waals surface area contributed by atoms with Gasteiger partial charge in [0.2, 0.25) is 18.1 Å². The Kier molecular flexibility index (Phi) is 30.0. The average molecular weight is 698 g/mol. The predicted octanol–water partition coefficient (Wildman–Crippen LogP) is 5.54. The van der Waals surface area contributed by atoms with Gasteiger partial charge in [0.05, 0.1) is 12.6 Å². The van der Waals surface area contributed by atoms with Crippen molar-refractivity contribution < 1.29 is 33.5 Å². The molecular weight excluding hydrogens is 626 g/mol. The second-order valence-corrected chi connectivity index (χ2v) is 13.3. The van der Waals surface area contributed by atoms with E-state index in [1.165, 1.54) is 18.9 Å². The van der Waals surface area contributed by atoms with Crippen molar-refractivity contribution in [2.45, 2.75) is 146 Å². The van der Waals surface area contributed by atoms with Crippen LogP contribution in [0.4, 0.5) is 4.79 Å². The third kappa shape index (κ3) is 24.4. The summed E-state index contributed by atoms with van der Waals surface area (Å²) in [4.78, 5) is 71.6. The lowest BCUT2D eigenvalue weighted by Crippen LogP contribution is -2.57. The monoisotopic (exact) mass is 698 g/mol. The van der Waals surface area contributed by atoms with Gasteiger partial charge in [0, 0.05) is 19.1 Å². The smallest absolute Gasteiger partial charge is 0.325 e. The molecule has 0 aromatic heterocycles. The Morgan fingerprint density at radius 2 is 1.51 bits per heavy atom. The number of likely N-dealkylation sites (tertiary alicyclic amines) is 1. The Bertz CT molecular complexity index is 961. The number of nitrogens with one attached hydrogen (secondary N) is 4. The molecule has 0 aromatic carbocycles. The fraction of sp³-hybridized carbons (Fsp3) is 0.784. The number of ether oxygens (including phenoxy) is 1. The van der Waals surface area contributed by atoms with Gasteiger partial charge in [-0.15, -0.1) is 6.58 Å². The predicted molar refractivity (Wildman–Crippen MR) is 198 cm³/mol. The average Bonchev–Trinajstić information content (AvgIpc) is 3.82. The van der Waals surface area contributed by atoms with E-state index in [-0.39, 0.29) is 25.0 Å². The lowest BCUT2D eigenvalue weighted by atomic mass is 9.85. The van der Waals surface area contributed by atoms with Crippen LogP contribution < -0.4 is 21.3 Å². The highest BCUT2D eigenvalue weighted by Gasteiger charge is 2.40. The van der Waals surface area contributed by atoms with Gasteiger partial charge in [-0.25, -0.2) is 4.79 Å². The molecule has 1 saturated carbocycles. The molecule has 2 rings (SSSR count). The molecule has 2 aliphatic rings. The van der Waals surface area contributed by atoms with E-state index in [1.807, 2.05) is 53.4 Å². The Balaban J connectivity index is -0.000000779. The number of Topliss-reactive ketones (excluding diaryl/α,β-unsaturated/α-hetero) is 1. The number of esters is 1. The molecule has 4 N–H and O–H groups in total. The first-order valence-corrected chi connectivity index (χ1v) is 18.2. The van der Waals surface area contributed by atoms with Crippen molar-refractivity contribution in [2.24, 2.45) is 17.3 Å². The maximum absolute atomic E-state index is 13.0. The molecule has 0 aromatic rings. The molecule has 0 bridgehead atoms. The van der Waals surface area contributed by atoms with E-state index in [0.717, 1.165) is 19.3 Å². The first kappa shape index (κ1) is 49.9. The summed E-state index contributed by atoms with van der Waals surface area (Å²) < 4.78 is 5.09. The van der Waals surface area contributed by atoms with Crippen molar-refractivity contribution in [2.75, 3.05) is 26.2 Å². The van der Waals surface area contributed by atoms with E-state index in [0.29, 0.717) is 44.2 Å². The molecule has 0 radical (unpaired) electrons. The summed E-state index contributed by atoms with van der Waals surface area (Å²) in [5, 5.41) is 9.94. The van der Waals surface area contributed by atoms with Gasteiger partial charge in [-0.2, -0.15) is 0 Å². The zero-order valence-electron chi connectivity index (χ0n) is 32.8. The lowest BCUT2D eigenvalue weighted by molar-refractivity contribution is -0.142. The van der Waals surface area contributed by atoms with Crippen LogP contribution in [-0.4, -0.2) is 85.3 Å². The lowest BCUT2D eigenvalue weighted by Gasteiger charge is -2.35. The quantitative estimate of drug-likeness (QED) is 0.0802. The number of carbonyl (C=O) groups excluding carboxylic acids is 6. The summed E-state index contributed by atoms with van der Waals surface area (Å²) in [5.41, 5.74) is -0.438. The van der Waals surface area contributed by atoms with Gasteiger partial charge in [0.1, 0.15) is 12.6 Å². The molecule has 5 amide bonds. The van der Waals surface area contributed by atoms with E-state index in [1.54, 1.807) is 0 Å². The number of urea groups is 1. The van der Waals surface area contributed by atoms with Crippen LogP contribution in [0.5, 0.6) is 0 Å². The molecule has 49 heavy (non-hydrogen) atoms. The van der Waals surface area contributed by atoms with Gasteiger partial charge >= 0.3 is 12.0 Å². The molecule has 1 aliphatic carbocycles. The van der Waals surface area contributed by atoms with Crippen molar-refractivity contribution in [1.29, 1.82) is 0 Å². The molecule has 286 valence electrons. The van der Waals surface area contributed by atoms with Crippen LogP contribution >= 0.6 is 0 Å². The number of carbonyl (C=O) groups is 6. The number of ketones is 1. The van der Waals surface area contributed by atoms with Crippen LogP contribution in [0, 0.1) is 17.3 Å². The minimum Gasteiger partial charge on any atom is -0.464 e. The van der Waals surface area contributed by atoms with E-state index in [2.05, 4.69) is 62.5 Å². The maximum Gasteiger partial charge on any atom is 0.325 e. The zero-order chi connectivity index (χ0) is 38.6. The molecule has 1 heterocycles. The van der Waals surface area contributed by atoms with Gasteiger partial charge in [-0.1, -0.05) is 101 Å². The molecule has 0 spiro atoms. The summed E-state index contributed by atoms with van der Waals surface area (Å²) >= 11 is 0. The van der Waals surface area contributed by atoms with Crippen molar-refractivity contribution in [3.05, 3.63) is 12.7 Å². The van der Waals surface area contributed by atoms with Crippen molar-refractivity contribution in [3.63, 3.8) is 0 Å². The van der Waals surface area contributed by atoms with Crippen LogP contribution in [0.1, 0.15) is 128 Å². The fourth-order valence-corrected chi connectivity index (χ4v) is 4.37. The molecule has 1 saturated heterocycles. The number of nitrogens with zero attached hydrogens (tertiary/aromatic N) is 1. The summed E-state index contributed by atoms with van der Waals surface area (Å²) in [7, 11) is 0. The Hall–Kier alpha value is -3.44. The maximum atomic E-state index is 13.0. The van der Waals surface area contributed by atoms with Crippen LogP contribution in [0.25, 0.3) is 0 Å². The summed E-state index contributed by atoms with van der Waals surface area (Å²) in [6, 6.07) is -1.73. The van der Waals surface area contributed by atoms with Crippen molar-refractivity contribution in [1.82, 2.24) is 26.2 Å². The van der Waals surface area contributed by atoms with Crippen LogP contribution in [0.3, 0.4) is 0 Å². The highest BCUT2D eigenvalue weighted by Crippen LogP contribution is 2.29. The topological polar surface area (TPSA) is 163 Å². The van der Waals surface area contributed by atoms with E-state index >= 15 is 0 Å². The molecule has 4 atom stereocenters. The van der Waals surface area contributed by atoms with Crippen LogP contribution in [-0.2, 0) is 28.7 Å². The van der Waals surface area contributed by atoms with E-state index < -0.39 is 41.2 Å².